The van der Waals surface area contributed by atoms with Gasteiger partial charge in [-0.1, -0.05) is 0 Å². The molecule has 14 heteroatoms. The van der Waals surface area contributed by atoms with Gasteiger partial charge in [0.2, 0.25) is 0 Å². The van der Waals surface area contributed by atoms with E-state index in [4.69, 9.17) is 0 Å². The Morgan fingerprint density at radius 1 is 0.885 bits per heavy atom. The number of carbonyl (C=O) groups is 1. The molecule has 0 spiro atoms. The van der Waals surface area contributed by atoms with Crippen LogP contribution in [0.5, 0.6) is 5.75 Å². The van der Waals surface area contributed by atoms with Crippen LogP contribution in [-0.2, 0) is 0 Å². The first-order valence-corrected chi connectivity index (χ1v) is 9.74. The van der Waals surface area contributed by atoms with E-state index in [0.29, 0.717) is 0 Å². The van der Waals surface area contributed by atoms with Gasteiger partial charge in [0.25, 0.3) is 5.91 Å². The standard InChI is InChI=1S/C12H5F5N2O2S5/c13-22-7-6(19-12(21)5-4(20)2-1-3-18-5)8(23-14)10(25-16)11(26-17)9(7)24-15/h1-3,20H,(H,19,21). The van der Waals surface area contributed by atoms with Crippen molar-refractivity contribution in [3.05, 3.63) is 24.0 Å². The van der Waals surface area contributed by atoms with Gasteiger partial charge in [0.05, 0.1) is 90.9 Å². The van der Waals surface area contributed by atoms with Gasteiger partial charge in [-0.3, -0.25) is 4.79 Å². The molecular weight excluding hydrogens is 459 g/mol. The maximum absolute atomic E-state index is 13.4. The van der Waals surface area contributed by atoms with Crippen molar-refractivity contribution in [1.82, 2.24) is 4.98 Å². The van der Waals surface area contributed by atoms with E-state index in [1.54, 1.807) is 0 Å². The summed E-state index contributed by atoms with van der Waals surface area (Å²) in [5, 5.41) is 11.7. The van der Waals surface area contributed by atoms with Gasteiger partial charge in [0.1, 0.15) is 5.75 Å². The molecule has 2 rings (SSSR count). The van der Waals surface area contributed by atoms with E-state index in [-0.39, 0.29) is 0 Å². The lowest BCUT2D eigenvalue weighted by atomic mass is 10.2. The lowest BCUT2D eigenvalue weighted by molar-refractivity contribution is 0.101. The zero-order valence-corrected chi connectivity index (χ0v) is 16.0. The van der Waals surface area contributed by atoms with E-state index in [9.17, 15) is 29.3 Å². The maximum Gasteiger partial charge on any atom is 0.278 e. The summed E-state index contributed by atoms with van der Waals surface area (Å²) in [6.07, 6.45) is 1.18. The van der Waals surface area contributed by atoms with E-state index in [0.717, 1.165) is 6.07 Å². The predicted octanol–water partition coefficient (Wildman–Crippen LogP) is 6.92. The first kappa shape index (κ1) is 21.3. The third kappa shape index (κ3) is 4.13. The number of carbonyl (C=O) groups excluding carboxylic acids is 1. The van der Waals surface area contributed by atoms with Crippen LogP contribution in [0.1, 0.15) is 10.5 Å². The van der Waals surface area contributed by atoms with Crippen LogP contribution in [0.3, 0.4) is 0 Å². The lowest BCUT2D eigenvalue weighted by Crippen LogP contribution is -2.15. The lowest BCUT2D eigenvalue weighted by Gasteiger charge is -2.18. The number of nitrogens with zero attached hydrogens (tertiary/aromatic N) is 1. The zero-order chi connectivity index (χ0) is 19.3. The number of benzene rings is 1. The van der Waals surface area contributed by atoms with Crippen molar-refractivity contribution in [3.8, 4) is 5.75 Å². The highest BCUT2D eigenvalue weighted by Gasteiger charge is 2.29. The van der Waals surface area contributed by atoms with Gasteiger partial charge in [0.15, 0.2) is 5.69 Å². The molecule has 4 nitrogen and oxygen atoms in total. The number of aromatic nitrogens is 1. The predicted molar refractivity (Wildman–Crippen MR) is 95.1 cm³/mol. The van der Waals surface area contributed by atoms with Crippen LogP contribution in [0.15, 0.2) is 42.8 Å². The van der Waals surface area contributed by atoms with Crippen molar-refractivity contribution < 1.29 is 29.3 Å². The third-order valence-electron chi connectivity index (χ3n) is 2.90. The minimum absolute atomic E-state index is 0.482. The Bertz CT molecular complexity index is 796. The molecule has 140 valence electrons. The van der Waals surface area contributed by atoms with Crippen molar-refractivity contribution in [3.63, 3.8) is 0 Å². The molecule has 0 bridgehead atoms. The topological polar surface area (TPSA) is 62.2 Å². The average molecular weight is 465 g/mol. The average Bonchev–Trinajstić information content (AvgIpc) is 2.66. The van der Waals surface area contributed by atoms with E-state index in [1.165, 1.54) is 12.3 Å². The summed E-state index contributed by atoms with van der Waals surface area (Å²) in [6.45, 7) is 0. The first-order valence-electron chi connectivity index (χ1n) is 6.16. The second kappa shape index (κ2) is 9.82. The number of aromatic hydroxyl groups is 1. The van der Waals surface area contributed by atoms with Crippen molar-refractivity contribution in [1.29, 1.82) is 0 Å². The number of hydrogen-bond donors (Lipinski definition) is 2. The summed E-state index contributed by atoms with van der Waals surface area (Å²) in [6, 6.07) is 2.48. The van der Waals surface area contributed by atoms with Crippen LogP contribution in [0.4, 0.5) is 25.1 Å². The van der Waals surface area contributed by atoms with E-state index in [2.05, 4.69) is 10.3 Å². The van der Waals surface area contributed by atoms with Gasteiger partial charge >= 0.3 is 0 Å². The van der Waals surface area contributed by atoms with Gasteiger partial charge in [0, 0.05) is 6.20 Å². The monoisotopic (exact) mass is 464 g/mol. The summed E-state index contributed by atoms with van der Waals surface area (Å²) < 4.78 is 66.4. The highest BCUT2D eigenvalue weighted by molar-refractivity contribution is 8.00. The van der Waals surface area contributed by atoms with E-state index < -0.39 is 108 Å². The summed E-state index contributed by atoms with van der Waals surface area (Å²) >= 11 is -2.94. The summed E-state index contributed by atoms with van der Waals surface area (Å²) in [5.41, 5.74) is -1.09. The van der Waals surface area contributed by atoms with Crippen molar-refractivity contribution in [2.45, 2.75) is 24.5 Å². The fourth-order valence-electron chi connectivity index (χ4n) is 1.85. The molecule has 1 amide bonds. The van der Waals surface area contributed by atoms with Crippen molar-refractivity contribution in [2.24, 2.45) is 0 Å². The Morgan fingerprint density at radius 3 is 1.77 bits per heavy atom. The molecule has 0 radical (unpaired) electrons. The van der Waals surface area contributed by atoms with Crippen molar-refractivity contribution in [2.75, 3.05) is 5.32 Å². The normalized spacial score (nSPS) is 10.8. The fraction of sp³-hybridized carbons (Fsp3) is 0. The molecule has 0 saturated carbocycles. The SMILES string of the molecule is O=C(Nc1c(SF)c(SF)c(SF)c(SF)c1SF)c1ncccc1O. The molecule has 0 aliphatic rings. The van der Waals surface area contributed by atoms with E-state index in [1.807, 2.05) is 0 Å². The van der Waals surface area contributed by atoms with Crippen LogP contribution in [0.25, 0.3) is 0 Å². The minimum atomic E-state index is -1.08. The number of rotatable bonds is 7. The van der Waals surface area contributed by atoms with Gasteiger partial charge in [-0.25, -0.2) is 4.98 Å². The largest absolute Gasteiger partial charge is 0.505 e. The molecule has 2 aromatic rings. The third-order valence-corrected chi connectivity index (χ3v) is 6.23. The molecule has 1 aromatic heterocycles. The van der Waals surface area contributed by atoms with Gasteiger partial charge in [-0.2, -0.15) is 19.4 Å². The molecule has 0 unspecified atom stereocenters. The van der Waals surface area contributed by atoms with Gasteiger partial charge in [-0.15, -0.1) is 0 Å². The van der Waals surface area contributed by atoms with Crippen LogP contribution in [0, 0.1) is 0 Å². The Labute approximate surface area is 165 Å². The second-order valence-corrected chi connectivity index (χ2v) is 7.04. The Morgan fingerprint density at radius 2 is 1.35 bits per heavy atom. The molecule has 26 heavy (non-hydrogen) atoms. The van der Waals surface area contributed by atoms with Crippen LogP contribution in [0.2, 0.25) is 0 Å². The maximum atomic E-state index is 13.4. The molecule has 0 aliphatic carbocycles. The second-order valence-electron chi connectivity index (χ2n) is 4.23. The highest BCUT2D eigenvalue weighted by atomic mass is 32.2. The number of amides is 1. The molecule has 1 heterocycles. The number of pyridine rings is 1. The number of hydrogen-bond acceptors (Lipinski definition) is 8. The van der Waals surface area contributed by atoms with E-state index >= 15 is 0 Å². The highest BCUT2D eigenvalue weighted by Crippen LogP contribution is 2.54. The summed E-state index contributed by atoms with van der Waals surface area (Å²) in [4.78, 5) is 12.6. The molecule has 0 fully saturated rings. The Kier molecular flexibility index (Phi) is 8.06. The smallest absolute Gasteiger partial charge is 0.278 e. The van der Waals surface area contributed by atoms with Crippen LogP contribution in [-0.4, -0.2) is 16.0 Å². The van der Waals surface area contributed by atoms with Crippen LogP contribution >= 0.6 is 60.7 Å². The van der Waals surface area contributed by atoms with Gasteiger partial charge in [-0.05, 0) is 12.1 Å². The Hall–Kier alpha value is -0.960. The molecule has 0 aliphatic heterocycles. The fourth-order valence-corrected chi connectivity index (χ4v) is 4.71. The summed E-state index contributed by atoms with van der Waals surface area (Å²) in [7, 11) is 0. The molecule has 0 atom stereocenters. The molecule has 1 aromatic carbocycles. The number of anilines is 1. The quantitative estimate of drug-likeness (QED) is 0.428. The summed E-state index contributed by atoms with van der Waals surface area (Å²) in [5.74, 6) is -1.61. The zero-order valence-electron chi connectivity index (χ0n) is 12.0. The number of halogens is 5. The molecule has 2 N–H and O–H groups in total. The van der Waals surface area contributed by atoms with Crippen molar-refractivity contribution >= 4 is 72.3 Å². The minimum Gasteiger partial charge on any atom is -0.505 e. The van der Waals surface area contributed by atoms with Gasteiger partial charge < -0.3 is 10.4 Å². The number of nitrogens with one attached hydrogen (secondary N) is 1. The molecular formula is C12H5F5N2O2S5. The molecule has 0 saturated heterocycles. The van der Waals surface area contributed by atoms with Crippen LogP contribution < -0.4 is 5.32 Å². The Balaban J connectivity index is 2.66. The first-order chi connectivity index (χ1) is 12.5.